The van der Waals surface area contributed by atoms with Crippen LogP contribution in [-0.4, -0.2) is 48.2 Å². The first-order valence-corrected chi connectivity index (χ1v) is 11.5. The van der Waals surface area contributed by atoms with E-state index in [0.29, 0.717) is 30.0 Å². The normalized spacial score (nSPS) is 23.9. The van der Waals surface area contributed by atoms with E-state index < -0.39 is 30.3 Å². The van der Waals surface area contributed by atoms with Gasteiger partial charge in [0.2, 0.25) is 11.8 Å². The largest absolute Gasteiger partial charge is 0.497 e. The van der Waals surface area contributed by atoms with Crippen molar-refractivity contribution >= 4 is 58.3 Å². The molecule has 10 heteroatoms. The zero-order valence-corrected chi connectivity index (χ0v) is 19.7. The molecular formula is C24H22Cl2N2O6. The molecule has 1 heterocycles. The van der Waals surface area contributed by atoms with Crippen LogP contribution in [0.2, 0.25) is 0 Å². The number of halogens is 2. The van der Waals surface area contributed by atoms with E-state index in [1.54, 1.807) is 24.3 Å². The zero-order valence-electron chi connectivity index (χ0n) is 18.2. The van der Waals surface area contributed by atoms with Crippen LogP contribution in [0.25, 0.3) is 0 Å². The number of anilines is 2. The molecule has 3 amide bonds. The Morgan fingerprint density at radius 1 is 0.941 bits per heavy atom. The molecule has 178 valence electrons. The smallest absolute Gasteiger partial charge is 0.338 e. The molecule has 0 bridgehead atoms. The fourth-order valence-corrected chi connectivity index (χ4v) is 4.77. The maximum atomic E-state index is 12.8. The van der Waals surface area contributed by atoms with Gasteiger partial charge in [-0.2, -0.15) is 0 Å². The molecule has 2 aromatic carbocycles. The first-order chi connectivity index (χ1) is 16.3. The number of nitrogens with zero attached hydrogens (tertiary/aromatic N) is 1. The van der Waals surface area contributed by atoms with Crippen molar-refractivity contribution in [3.63, 3.8) is 0 Å². The van der Waals surface area contributed by atoms with Crippen molar-refractivity contribution in [2.45, 2.75) is 23.6 Å². The number of fused-ring (bicyclic) bond motifs is 1. The number of carbonyl (C=O) groups excluding carboxylic acids is 4. The number of alkyl halides is 2. The number of nitrogens with one attached hydrogen (secondary N) is 1. The third kappa shape index (κ3) is 4.88. The number of esters is 1. The number of benzene rings is 2. The number of ether oxygens (including phenoxy) is 2. The van der Waals surface area contributed by atoms with Crippen LogP contribution in [0.1, 0.15) is 23.2 Å². The molecule has 0 radical (unpaired) electrons. The summed E-state index contributed by atoms with van der Waals surface area (Å²) in [5.41, 5.74) is 1.07. The maximum absolute atomic E-state index is 12.8. The average molecular weight is 505 g/mol. The Balaban J connectivity index is 1.35. The molecule has 0 unspecified atom stereocenters. The van der Waals surface area contributed by atoms with E-state index in [0.717, 1.165) is 4.90 Å². The van der Waals surface area contributed by atoms with E-state index in [9.17, 15) is 19.2 Å². The zero-order chi connectivity index (χ0) is 24.4. The number of hydrogen-bond acceptors (Lipinski definition) is 6. The lowest BCUT2D eigenvalue weighted by Gasteiger charge is -2.28. The van der Waals surface area contributed by atoms with Crippen LogP contribution in [0, 0.1) is 11.8 Å². The molecule has 1 aliphatic heterocycles. The Bertz CT molecular complexity index is 1080. The Morgan fingerprint density at radius 3 is 2.03 bits per heavy atom. The summed E-state index contributed by atoms with van der Waals surface area (Å²) in [5, 5.41) is 1.89. The third-order valence-electron chi connectivity index (χ3n) is 5.98. The minimum absolute atomic E-state index is 0.180. The van der Waals surface area contributed by atoms with Crippen LogP contribution in [0.3, 0.4) is 0 Å². The summed E-state index contributed by atoms with van der Waals surface area (Å²) in [7, 11) is 1.54. The number of methoxy groups -OCH3 is 1. The van der Waals surface area contributed by atoms with Gasteiger partial charge in [-0.3, -0.25) is 19.3 Å². The molecule has 1 N–H and O–H groups in total. The molecule has 2 fully saturated rings. The lowest BCUT2D eigenvalue weighted by Crippen LogP contribution is -2.34. The second-order valence-corrected chi connectivity index (χ2v) is 9.25. The summed E-state index contributed by atoms with van der Waals surface area (Å²) in [5.74, 6) is -2.15. The molecule has 0 aromatic heterocycles. The van der Waals surface area contributed by atoms with E-state index in [1.807, 2.05) is 0 Å². The molecule has 2 aliphatic rings. The highest BCUT2D eigenvalue weighted by atomic mass is 35.5. The van der Waals surface area contributed by atoms with Crippen LogP contribution in [0.4, 0.5) is 11.4 Å². The van der Waals surface area contributed by atoms with Gasteiger partial charge in [0, 0.05) is 5.69 Å². The predicted molar refractivity (Wildman–Crippen MR) is 126 cm³/mol. The molecule has 4 rings (SSSR count). The van der Waals surface area contributed by atoms with Crippen molar-refractivity contribution in [1.29, 1.82) is 0 Å². The van der Waals surface area contributed by atoms with E-state index in [-0.39, 0.29) is 28.1 Å². The number of carbonyl (C=O) groups is 4. The summed E-state index contributed by atoms with van der Waals surface area (Å²) >= 11 is 12.4. The Kier molecular flexibility index (Phi) is 7.09. The Hall–Kier alpha value is -3.10. The number of imide groups is 1. The molecule has 2 aromatic rings. The van der Waals surface area contributed by atoms with Crippen LogP contribution in [-0.2, 0) is 19.1 Å². The minimum atomic E-state index is -0.709. The van der Waals surface area contributed by atoms with Gasteiger partial charge in [-0.05, 0) is 61.4 Å². The fourth-order valence-electron chi connectivity index (χ4n) is 4.18. The van der Waals surface area contributed by atoms with E-state index in [4.69, 9.17) is 32.7 Å². The van der Waals surface area contributed by atoms with E-state index in [1.165, 1.54) is 31.4 Å². The Morgan fingerprint density at radius 2 is 1.50 bits per heavy atom. The first kappa shape index (κ1) is 24.0. The summed E-state index contributed by atoms with van der Waals surface area (Å²) in [6.45, 7) is -0.474. The van der Waals surface area contributed by atoms with Crippen molar-refractivity contribution in [2.24, 2.45) is 11.8 Å². The monoisotopic (exact) mass is 504 g/mol. The minimum Gasteiger partial charge on any atom is -0.497 e. The van der Waals surface area contributed by atoms with Gasteiger partial charge in [0.05, 0.1) is 41.0 Å². The Labute approximate surface area is 206 Å². The molecular weight excluding hydrogens is 483 g/mol. The molecule has 8 nitrogen and oxygen atoms in total. The van der Waals surface area contributed by atoms with Gasteiger partial charge in [-0.15, -0.1) is 23.2 Å². The standard InChI is InChI=1S/C24H22Cl2N2O6/c1-33-16-8-4-14(5-9-16)27-21(29)12-34-24(32)13-2-6-15(7-3-13)28-22(30)17-10-19(25)20(26)11-18(17)23(28)31/h2-9,17-20H,10-12H2,1H3,(H,27,29)/t17-,18+,19-,20-/m0/s1. The van der Waals surface area contributed by atoms with E-state index in [2.05, 4.69) is 5.32 Å². The molecule has 4 atom stereocenters. The summed E-state index contributed by atoms with van der Waals surface area (Å²) < 4.78 is 10.1. The van der Waals surface area contributed by atoms with Crippen molar-refractivity contribution in [2.75, 3.05) is 23.9 Å². The molecule has 0 spiro atoms. The lowest BCUT2D eigenvalue weighted by molar-refractivity contribution is -0.122. The highest BCUT2D eigenvalue weighted by Crippen LogP contribution is 2.43. The van der Waals surface area contributed by atoms with E-state index >= 15 is 0 Å². The van der Waals surface area contributed by atoms with Crippen LogP contribution < -0.4 is 15.0 Å². The average Bonchev–Trinajstić information content (AvgIpc) is 3.07. The number of rotatable bonds is 6. The second-order valence-electron chi connectivity index (χ2n) is 8.13. The maximum Gasteiger partial charge on any atom is 0.338 e. The van der Waals surface area contributed by atoms with Crippen LogP contribution in [0.15, 0.2) is 48.5 Å². The quantitative estimate of drug-likeness (QED) is 0.366. The molecule has 34 heavy (non-hydrogen) atoms. The second kappa shape index (κ2) is 10.0. The van der Waals surface area contributed by atoms with Gasteiger partial charge < -0.3 is 14.8 Å². The molecule has 1 saturated carbocycles. The van der Waals surface area contributed by atoms with Gasteiger partial charge in [0.25, 0.3) is 5.91 Å². The van der Waals surface area contributed by atoms with Crippen LogP contribution >= 0.6 is 23.2 Å². The summed E-state index contributed by atoms with van der Waals surface area (Å²) in [4.78, 5) is 51.2. The SMILES string of the molecule is COc1ccc(NC(=O)COC(=O)c2ccc(N3C(=O)[C@H]4C[C@H](Cl)[C@@H](Cl)C[C@H]4C3=O)cc2)cc1. The van der Waals surface area contributed by atoms with Gasteiger partial charge in [-0.25, -0.2) is 4.79 Å². The highest BCUT2D eigenvalue weighted by molar-refractivity contribution is 6.31. The van der Waals surface area contributed by atoms with Crippen molar-refractivity contribution < 1.29 is 28.7 Å². The van der Waals surface area contributed by atoms with Gasteiger partial charge in [0.15, 0.2) is 6.61 Å². The lowest BCUT2D eigenvalue weighted by atomic mass is 9.80. The van der Waals surface area contributed by atoms with Gasteiger partial charge in [0.1, 0.15) is 5.75 Å². The van der Waals surface area contributed by atoms with Crippen LogP contribution in [0.5, 0.6) is 5.75 Å². The third-order valence-corrected chi connectivity index (χ3v) is 7.07. The fraction of sp³-hybridized carbons (Fsp3) is 0.333. The predicted octanol–water partition coefficient (Wildman–Crippen LogP) is 3.60. The molecule has 1 aliphatic carbocycles. The van der Waals surface area contributed by atoms with Gasteiger partial charge >= 0.3 is 5.97 Å². The van der Waals surface area contributed by atoms with Crippen molar-refractivity contribution in [3.8, 4) is 5.75 Å². The molecule has 1 saturated heterocycles. The van der Waals surface area contributed by atoms with Crippen molar-refractivity contribution in [1.82, 2.24) is 0 Å². The van der Waals surface area contributed by atoms with Crippen molar-refractivity contribution in [3.05, 3.63) is 54.1 Å². The van der Waals surface area contributed by atoms with Gasteiger partial charge in [-0.1, -0.05) is 0 Å². The first-order valence-electron chi connectivity index (χ1n) is 10.7. The summed E-state index contributed by atoms with van der Waals surface area (Å²) in [6.07, 6.45) is 0.703. The summed E-state index contributed by atoms with van der Waals surface area (Å²) in [6, 6.07) is 12.6. The number of amides is 3. The topological polar surface area (TPSA) is 102 Å². The number of hydrogen-bond donors (Lipinski definition) is 1. The highest BCUT2D eigenvalue weighted by Gasteiger charge is 2.52.